The molecule has 0 aliphatic heterocycles. The number of hydrazine groups is 1. The fraction of sp³-hybridized carbons (Fsp3) is 0.400. The second-order valence-corrected chi connectivity index (χ2v) is 7.81. The molecule has 0 spiro atoms. The van der Waals surface area contributed by atoms with Crippen LogP contribution in [0.5, 0.6) is 5.75 Å². The lowest BCUT2D eigenvalue weighted by molar-refractivity contribution is -0.122. The Balaban J connectivity index is 1.37. The van der Waals surface area contributed by atoms with Gasteiger partial charge in [0, 0.05) is 11.3 Å². The predicted molar refractivity (Wildman–Crippen MR) is 102 cm³/mol. The van der Waals surface area contributed by atoms with Gasteiger partial charge in [-0.3, -0.25) is 20.4 Å². The van der Waals surface area contributed by atoms with Gasteiger partial charge in [-0.2, -0.15) is 0 Å². The number of amides is 2. The Kier molecular flexibility index (Phi) is 6.28. The van der Waals surface area contributed by atoms with Crippen LogP contribution in [0, 0.1) is 5.92 Å². The Morgan fingerprint density at radius 3 is 2.85 bits per heavy atom. The maximum Gasteiger partial charge on any atom is 0.279 e. The van der Waals surface area contributed by atoms with E-state index in [0.29, 0.717) is 30.2 Å². The van der Waals surface area contributed by atoms with Gasteiger partial charge in [-0.15, -0.1) is 11.3 Å². The van der Waals surface area contributed by atoms with Crippen LogP contribution in [-0.2, 0) is 17.6 Å². The number of carbonyl (C=O) groups excluding carboxylic acids is 2. The molecule has 2 aromatic rings. The van der Waals surface area contributed by atoms with E-state index in [1.165, 1.54) is 28.2 Å². The van der Waals surface area contributed by atoms with E-state index in [4.69, 9.17) is 4.74 Å². The number of aryl methyl sites for hydroxylation is 1. The quantitative estimate of drug-likeness (QED) is 0.602. The Labute approximate surface area is 157 Å². The third kappa shape index (κ3) is 5.08. The normalized spacial score (nSPS) is 15.8. The number of thiophene rings is 1. The topological polar surface area (TPSA) is 67.4 Å². The number of benzene rings is 1. The van der Waals surface area contributed by atoms with Gasteiger partial charge >= 0.3 is 0 Å². The van der Waals surface area contributed by atoms with Gasteiger partial charge in [-0.1, -0.05) is 25.1 Å². The van der Waals surface area contributed by atoms with Crippen molar-refractivity contribution < 1.29 is 14.3 Å². The van der Waals surface area contributed by atoms with Crippen molar-refractivity contribution in [3.05, 3.63) is 51.7 Å². The van der Waals surface area contributed by atoms with E-state index in [2.05, 4.69) is 17.8 Å². The van der Waals surface area contributed by atoms with Gasteiger partial charge in [-0.05, 0) is 55.4 Å². The zero-order chi connectivity index (χ0) is 18.4. The number of rotatable bonds is 6. The van der Waals surface area contributed by atoms with Crippen molar-refractivity contribution in [2.75, 3.05) is 6.61 Å². The van der Waals surface area contributed by atoms with E-state index in [0.717, 1.165) is 18.6 Å². The molecule has 1 aromatic heterocycles. The molecule has 0 saturated heterocycles. The third-order valence-electron chi connectivity index (χ3n) is 4.43. The summed E-state index contributed by atoms with van der Waals surface area (Å²) < 4.78 is 5.54. The third-order valence-corrected chi connectivity index (χ3v) is 5.66. The molecule has 0 unspecified atom stereocenters. The van der Waals surface area contributed by atoms with Crippen LogP contribution in [0.15, 0.2) is 36.4 Å². The summed E-state index contributed by atoms with van der Waals surface area (Å²) >= 11 is 1.53. The summed E-state index contributed by atoms with van der Waals surface area (Å²) in [4.78, 5) is 26.0. The molecule has 1 aliphatic rings. The Morgan fingerprint density at radius 2 is 2.04 bits per heavy atom. The highest BCUT2D eigenvalue weighted by atomic mass is 32.1. The van der Waals surface area contributed by atoms with Crippen LogP contribution >= 0.6 is 11.3 Å². The van der Waals surface area contributed by atoms with E-state index in [1.54, 1.807) is 0 Å². The molecule has 1 aliphatic carbocycles. The van der Waals surface area contributed by atoms with Crippen molar-refractivity contribution in [1.82, 2.24) is 10.9 Å². The minimum Gasteiger partial charge on any atom is -0.494 e. The number of para-hydroxylation sites is 1. The SMILES string of the molecule is C[C@@H]1CCc2sc(C(=O)NNC(=O)CCCOc3ccccc3)cc2C1. The highest BCUT2D eigenvalue weighted by Crippen LogP contribution is 2.32. The zero-order valence-corrected chi connectivity index (χ0v) is 15.7. The molecule has 5 nitrogen and oxygen atoms in total. The first kappa shape index (κ1) is 18.5. The molecule has 2 amide bonds. The summed E-state index contributed by atoms with van der Waals surface area (Å²) in [6.07, 6.45) is 4.14. The molecule has 3 rings (SSSR count). The molecule has 26 heavy (non-hydrogen) atoms. The van der Waals surface area contributed by atoms with Crippen molar-refractivity contribution in [2.24, 2.45) is 5.92 Å². The lowest BCUT2D eigenvalue weighted by Gasteiger charge is -2.16. The first-order valence-corrected chi connectivity index (χ1v) is 9.82. The molecule has 0 radical (unpaired) electrons. The molecule has 1 heterocycles. The molecule has 0 fully saturated rings. The van der Waals surface area contributed by atoms with Crippen LogP contribution in [0.1, 0.15) is 46.3 Å². The first-order valence-electron chi connectivity index (χ1n) is 9.00. The molecule has 1 atom stereocenters. The maximum absolute atomic E-state index is 12.2. The first-order chi connectivity index (χ1) is 12.6. The number of hydrogen-bond donors (Lipinski definition) is 2. The number of nitrogens with one attached hydrogen (secondary N) is 2. The molecule has 138 valence electrons. The molecule has 0 bridgehead atoms. The van der Waals surface area contributed by atoms with Gasteiger partial charge < -0.3 is 4.74 Å². The number of hydrogen-bond acceptors (Lipinski definition) is 4. The minimum absolute atomic E-state index is 0.218. The molecular formula is C20H24N2O3S. The van der Waals surface area contributed by atoms with Crippen LogP contribution < -0.4 is 15.6 Å². The van der Waals surface area contributed by atoms with Crippen molar-refractivity contribution >= 4 is 23.2 Å². The van der Waals surface area contributed by atoms with Crippen LogP contribution in [0.3, 0.4) is 0 Å². The average molecular weight is 372 g/mol. The summed E-state index contributed by atoms with van der Waals surface area (Å²) in [7, 11) is 0. The fourth-order valence-electron chi connectivity index (χ4n) is 3.01. The number of fused-ring (bicyclic) bond motifs is 1. The average Bonchev–Trinajstić information content (AvgIpc) is 3.07. The van der Waals surface area contributed by atoms with Crippen molar-refractivity contribution in [2.45, 2.75) is 39.0 Å². The molecule has 0 saturated carbocycles. The molecule has 1 aromatic carbocycles. The van der Waals surface area contributed by atoms with Gasteiger partial charge in [0.05, 0.1) is 11.5 Å². The van der Waals surface area contributed by atoms with Crippen molar-refractivity contribution in [3.8, 4) is 5.75 Å². The minimum atomic E-state index is -0.245. The summed E-state index contributed by atoms with van der Waals surface area (Å²) in [6, 6.07) is 11.4. The standard InChI is InChI=1S/C20H24N2O3S/c1-14-9-10-17-15(12-14)13-18(26-17)20(24)22-21-19(23)8-5-11-25-16-6-3-2-4-7-16/h2-4,6-7,13-14H,5,8-12H2,1H3,(H,21,23)(H,22,24)/t14-/m1/s1. The maximum atomic E-state index is 12.2. The van der Waals surface area contributed by atoms with E-state index >= 15 is 0 Å². The van der Waals surface area contributed by atoms with Gasteiger partial charge in [0.1, 0.15) is 5.75 Å². The van der Waals surface area contributed by atoms with E-state index < -0.39 is 0 Å². The van der Waals surface area contributed by atoms with E-state index in [9.17, 15) is 9.59 Å². The van der Waals surface area contributed by atoms with Crippen LogP contribution in [0.2, 0.25) is 0 Å². The Morgan fingerprint density at radius 1 is 1.23 bits per heavy atom. The molecular weight excluding hydrogens is 348 g/mol. The predicted octanol–water partition coefficient (Wildman–Crippen LogP) is 3.49. The van der Waals surface area contributed by atoms with Crippen LogP contribution in [0.4, 0.5) is 0 Å². The van der Waals surface area contributed by atoms with E-state index in [1.807, 2.05) is 36.4 Å². The lowest BCUT2D eigenvalue weighted by atomic mass is 9.90. The Hall–Kier alpha value is -2.34. The van der Waals surface area contributed by atoms with Gasteiger partial charge in [0.2, 0.25) is 5.91 Å². The summed E-state index contributed by atoms with van der Waals surface area (Å²) in [5.41, 5.74) is 6.27. The fourth-order valence-corrected chi connectivity index (χ4v) is 4.11. The van der Waals surface area contributed by atoms with Crippen LogP contribution in [0.25, 0.3) is 0 Å². The molecule has 2 N–H and O–H groups in total. The van der Waals surface area contributed by atoms with Gasteiger partial charge in [-0.25, -0.2) is 0 Å². The monoisotopic (exact) mass is 372 g/mol. The zero-order valence-electron chi connectivity index (χ0n) is 14.9. The second kappa shape index (κ2) is 8.85. The number of carbonyl (C=O) groups is 2. The van der Waals surface area contributed by atoms with Crippen molar-refractivity contribution in [1.29, 1.82) is 0 Å². The van der Waals surface area contributed by atoms with Crippen molar-refractivity contribution in [3.63, 3.8) is 0 Å². The highest BCUT2D eigenvalue weighted by Gasteiger charge is 2.20. The van der Waals surface area contributed by atoms with Gasteiger partial charge in [0.15, 0.2) is 0 Å². The Bertz CT molecular complexity index is 758. The lowest BCUT2D eigenvalue weighted by Crippen LogP contribution is -2.41. The molecule has 6 heteroatoms. The number of ether oxygens (including phenoxy) is 1. The summed E-state index contributed by atoms with van der Waals surface area (Å²) in [5, 5.41) is 0. The van der Waals surface area contributed by atoms with E-state index in [-0.39, 0.29) is 11.8 Å². The highest BCUT2D eigenvalue weighted by molar-refractivity contribution is 7.14. The largest absolute Gasteiger partial charge is 0.494 e. The summed E-state index contributed by atoms with van der Waals surface area (Å²) in [6.45, 7) is 2.70. The smallest absolute Gasteiger partial charge is 0.279 e. The van der Waals surface area contributed by atoms with Gasteiger partial charge in [0.25, 0.3) is 5.91 Å². The second-order valence-electron chi connectivity index (χ2n) is 6.67. The summed E-state index contributed by atoms with van der Waals surface area (Å²) in [5.74, 6) is 0.999. The van der Waals surface area contributed by atoms with Crippen LogP contribution in [-0.4, -0.2) is 18.4 Å².